The van der Waals surface area contributed by atoms with E-state index in [0.29, 0.717) is 11.1 Å². The predicted molar refractivity (Wildman–Crippen MR) is 117 cm³/mol. The van der Waals surface area contributed by atoms with Gasteiger partial charge in [0, 0.05) is 12.1 Å². The molecule has 0 radical (unpaired) electrons. The van der Waals surface area contributed by atoms with Gasteiger partial charge in [0.1, 0.15) is 6.61 Å². The Labute approximate surface area is 182 Å². The molecular formula is C23H18N2O7. The van der Waals surface area contributed by atoms with Gasteiger partial charge in [0.05, 0.1) is 15.4 Å². The van der Waals surface area contributed by atoms with E-state index in [1.165, 1.54) is 30.3 Å². The number of nitro groups is 2. The number of phenolic OH excluding ortho intramolecular Hbond substituents is 1. The van der Waals surface area contributed by atoms with Crippen LogP contribution in [0.5, 0.6) is 11.5 Å². The molecule has 32 heavy (non-hydrogen) atoms. The molecule has 3 aromatic rings. The molecule has 0 bridgehead atoms. The molecule has 9 heteroatoms. The minimum absolute atomic E-state index is 0.0780. The van der Waals surface area contributed by atoms with E-state index in [0.717, 1.165) is 17.7 Å². The van der Waals surface area contributed by atoms with Crippen molar-refractivity contribution in [3.8, 4) is 11.5 Å². The number of rotatable bonds is 8. The van der Waals surface area contributed by atoms with Gasteiger partial charge in [-0.15, -0.1) is 0 Å². The van der Waals surface area contributed by atoms with Gasteiger partial charge in [0.15, 0.2) is 11.5 Å². The molecular weight excluding hydrogens is 416 g/mol. The van der Waals surface area contributed by atoms with Crippen LogP contribution >= 0.6 is 0 Å². The molecule has 3 rings (SSSR count). The quantitative estimate of drug-likeness (QED) is 0.228. The van der Waals surface area contributed by atoms with Gasteiger partial charge in [-0.05, 0) is 41.8 Å². The van der Waals surface area contributed by atoms with Crippen LogP contribution in [0.4, 0.5) is 11.4 Å². The van der Waals surface area contributed by atoms with Crippen LogP contribution in [0.15, 0.2) is 66.7 Å². The second-order valence-corrected chi connectivity index (χ2v) is 6.89. The number of benzene rings is 3. The summed E-state index contributed by atoms with van der Waals surface area (Å²) in [4.78, 5) is 33.6. The van der Waals surface area contributed by atoms with E-state index >= 15 is 0 Å². The molecule has 0 aliphatic heterocycles. The lowest BCUT2D eigenvalue weighted by Crippen LogP contribution is -2.00. The molecule has 0 aliphatic rings. The van der Waals surface area contributed by atoms with E-state index < -0.39 is 27.1 Å². The number of allylic oxidation sites excluding steroid dienone is 1. The van der Waals surface area contributed by atoms with Crippen molar-refractivity contribution >= 4 is 23.2 Å². The monoisotopic (exact) mass is 434 g/mol. The Morgan fingerprint density at radius 2 is 1.69 bits per heavy atom. The van der Waals surface area contributed by atoms with Gasteiger partial charge in [0.25, 0.3) is 0 Å². The van der Waals surface area contributed by atoms with E-state index in [-0.39, 0.29) is 23.6 Å². The number of nitrogens with zero attached hydrogens (tertiary/aromatic N) is 2. The lowest BCUT2D eigenvalue weighted by Gasteiger charge is -2.07. The summed E-state index contributed by atoms with van der Waals surface area (Å²) in [6.45, 7) is 1.71. The van der Waals surface area contributed by atoms with Gasteiger partial charge in [-0.1, -0.05) is 42.5 Å². The molecule has 1 N–H and O–H groups in total. The summed E-state index contributed by atoms with van der Waals surface area (Å²) in [6.07, 6.45) is 2.41. The first-order chi connectivity index (χ1) is 15.3. The van der Waals surface area contributed by atoms with Gasteiger partial charge in [-0.25, -0.2) is 0 Å². The Hall–Kier alpha value is -4.53. The lowest BCUT2D eigenvalue weighted by atomic mass is 10.0. The molecule has 0 fully saturated rings. The maximum absolute atomic E-state index is 12.5. The van der Waals surface area contributed by atoms with Gasteiger partial charge in [-0.3, -0.25) is 25.0 Å². The standard InChI is InChI=1S/C23H18N2O7/c1-15-11-18(23(27)20(12-15)25(30)31)21(26)9-7-16-8-10-22(19(13-16)24(28)29)32-14-17-5-3-2-4-6-17/h2-13,27H,14H2,1H3. The second kappa shape index (κ2) is 9.52. The molecule has 0 atom stereocenters. The van der Waals surface area contributed by atoms with E-state index in [1.54, 1.807) is 6.92 Å². The Morgan fingerprint density at radius 3 is 2.34 bits per heavy atom. The van der Waals surface area contributed by atoms with E-state index in [2.05, 4.69) is 0 Å². The molecule has 0 saturated carbocycles. The molecule has 0 heterocycles. The van der Waals surface area contributed by atoms with Gasteiger partial charge in [-0.2, -0.15) is 0 Å². The first-order valence-corrected chi connectivity index (χ1v) is 9.42. The van der Waals surface area contributed by atoms with Crippen molar-refractivity contribution in [1.82, 2.24) is 0 Å². The minimum Gasteiger partial charge on any atom is -0.502 e. The van der Waals surface area contributed by atoms with Crippen molar-refractivity contribution in [2.24, 2.45) is 0 Å². The summed E-state index contributed by atoms with van der Waals surface area (Å²) in [5, 5.41) is 32.6. The third-order valence-electron chi connectivity index (χ3n) is 4.54. The normalized spacial score (nSPS) is 10.8. The van der Waals surface area contributed by atoms with Crippen LogP contribution < -0.4 is 4.74 Å². The molecule has 0 spiro atoms. The first-order valence-electron chi connectivity index (χ1n) is 9.42. The number of aryl methyl sites for hydroxylation is 1. The Balaban J connectivity index is 1.83. The van der Waals surface area contributed by atoms with Crippen molar-refractivity contribution in [2.75, 3.05) is 0 Å². The summed E-state index contributed by atoms with van der Waals surface area (Å²) in [6, 6.07) is 15.9. The number of hydrogen-bond donors (Lipinski definition) is 1. The summed E-state index contributed by atoms with van der Waals surface area (Å²) >= 11 is 0. The topological polar surface area (TPSA) is 133 Å². The largest absolute Gasteiger partial charge is 0.502 e. The van der Waals surface area contributed by atoms with Crippen molar-refractivity contribution in [1.29, 1.82) is 0 Å². The SMILES string of the molecule is Cc1cc(C(=O)C=Cc2ccc(OCc3ccccc3)c([N+](=O)[O-])c2)c(O)c([N+](=O)[O-])c1. The summed E-state index contributed by atoms with van der Waals surface area (Å²) < 4.78 is 5.57. The number of carbonyl (C=O) groups is 1. The molecule has 0 aromatic heterocycles. The maximum atomic E-state index is 12.5. The summed E-state index contributed by atoms with van der Waals surface area (Å²) in [5.41, 5.74) is 0.552. The van der Waals surface area contributed by atoms with Gasteiger partial charge < -0.3 is 9.84 Å². The van der Waals surface area contributed by atoms with Crippen LogP contribution in [0.3, 0.4) is 0 Å². The van der Waals surface area contributed by atoms with Crippen LogP contribution in [0.25, 0.3) is 6.08 Å². The van der Waals surface area contributed by atoms with Crippen LogP contribution in [0, 0.1) is 27.2 Å². The molecule has 0 amide bonds. The summed E-state index contributed by atoms with van der Waals surface area (Å²) in [5.74, 6) is -1.33. The van der Waals surface area contributed by atoms with E-state index in [9.17, 15) is 30.1 Å². The molecule has 0 unspecified atom stereocenters. The zero-order chi connectivity index (χ0) is 23.3. The van der Waals surface area contributed by atoms with Crippen LogP contribution in [0.1, 0.15) is 27.0 Å². The Kier molecular flexibility index (Phi) is 6.59. The zero-order valence-corrected chi connectivity index (χ0v) is 16.9. The highest BCUT2D eigenvalue weighted by Gasteiger charge is 2.21. The lowest BCUT2D eigenvalue weighted by molar-refractivity contribution is -0.386. The third kappa shape index (κ3) is 5.14. The van der Waals surface area contributed by atoms with Crippen molar-refractivity contribution < 1.29 is 24.5 Å². The number of ether oxygens (including phenoxy) is 1. The number of phenols is 1. The molecule has 0 aliphatic carbocycles. The second-order valence-electron chi connectivity index (χ2n) is 6.89. The van der Waals surface area contributed by atoms with Crippen molar-refractivity contribution in [3.63, 3.8) is 0 Å². The average molecular weight is 434 g/mol. The van der Waals surface area contributed by atoms with Gasteiger partial charge >= 0.3 is 11.4 Å². The number of aromatic hydroxyl groups is 1. The Morgan fingerprint density at radius 1 is 1.00 bits per heavy atom. The smallest absolute Gasteiger partial charge is 0.311 e. The number of carbonyl (C=O) groups excluding carboxylic acids is 1. The summed E-state index contributed by atoms with van der Waals surface area (Å²) in [7, 11) is 0. The number of nitro benzene ring substituents is 2. The fourth-order valence-electron chi connectivity index (χ4n) is 2.99. The highest BCUT2D eigenvalue weighted by atomic mass is 16.6. The number of ketones is 1. The fourth-order valence-corrected chi connectivity index (χ4v) is 2.99. The molecule has 3 aromatic carbocycles. The highest BCUT2D eigenvalue weighted by Crippen LogP contribution is 2.32. The van der Waals surface area contributed by atoms with E-state index in [4.69, 9.17) is 4.74 Å². The van der Waals surface area contributed by atoms with Crippen molar-refractivity contribution in [3.05, 3.63) is 109 Å². The molecule has 162 valence electrons. The Bertz CT molecular complexity index is 1220. The maximum Gasteiger partial charge on any atom is 0.311 e. The zero-order valence-electron chi connectivity index (χ0n) is 16.9. The first kappa shape index (κ1) is 22.2. The van der Waals surface area contributed by atoms with Gasteiger partial charge in [0.2, 0.25) is 5.75 Å². The minimum atomic E-state index is -0.777. The van der Waals surface area contributed by atoms with E-state index in [1.807, 2.05) is 30.3 Å². The number of hydrogen-bond acceptors (Lipinski definition) is 7. The average Bonchev–Trinajstić information content (AvgIpc) is 2.78. The highest BCUT2D eigenvalue weighted by molar-refractivity contribution is 6.09. The van der Waals surface area contributed by atoms with Crippen LogP contribution in [0.2, 0.25) is 0 Å². The predicted octanol–water partition coefficient (Wildman–Crippen LogP) is 4.99. The van der Waals surface area contributed by atoms with Crippen molar-refractivity contribution in [2.45, 2.75) is 13.5 Å². The fraction of sp³-hybridized carbons (Fsp3) is 0.0870. The molecule has 0 saturated heterocycles. The van der Waals surface area contributed by atoms with Crippen LogP contribution in [-0.2, 0) is 6.61 Å². The van der Waals surface area contributed by atoms with Crippen LogP contribution in [-0.4, -0.2) is 20.7 Å². The molecule has 9 nitrogen and oxygen atoms in total. The third-order valence-corrected chi connectivity index (χ3v) is 4.54.